The van der Waals surface area contributed by atoms with E-state index in [1.165, 1.54) is 18.2 Å². The van der Waals surface area contributed by atoms with Gasteiger partial charge in [-0.25, -0.2) is 14.2 Å². The predicted molar refractivity (Wildman–Crippen MR) is 70.4 cm³/mol. The summed E-state index contributed by atoms with van der Waals surface area (Å²) in [5, 5.41) is 0.610. The van der Waals surface area contributed by atoms with E-state index in [4.69, 9.17) is 16.3 Å². The van der Waals surface area contributed by atoms with Crippen molar-refractivity contribution < 1.29 is 13.9 Å². The van der Waals surface area contributed by atoms with Crippen molar-refractivity contribution >= 4 is 44.4 Å². The highest BCUT2D eigenvalue weighted by Gasteiger charge is 2.15. The lowest BCUT2D eigenvalue weighted by atomic mass is 10.1. The van der Waals surface area contributed by atoms with Crippen molar-refractivity contribution in [1.82, 2.24) is 4.98 Å². The van der Waals surface area contributed by atoms with E-state index in [9.17, 15) is 9.18 Å². The largest absolute Gasteiger partial charge is 0.462 e. The van der Waals surface area contributed by atoms with Crippen LogP contribution in [0.5, 0.6) is 0 Å². The van der Waals surface area contributed by atoms with Crippen LogP contribution in [0.2, 0.25) is 5.15 Å². The van der Waals surface area contributed by atoms with E-state index >= 15 is 0 Å². The monoisotopic (exact) mass is 331 g/mol. The van der Waals surface area contributed by atoms with E-state index in [1.54, 1.807) is 6.92 Å². The van der Waals surface area contributed by atoms with E-state index in [-0.39, 0.29) is 17.3 Å². The molecule has 0 radical (unpaired) electrons. The van der Waals surface area contributed by atoms with Gasteiger partial charge in [-0.3, -0.25) is 0 Å². The van der Waals surface area contributed by atoms with Crippen LogP contribution in [-0.2, 0) is 4.74 Å². The summed E-state index contributed by atoms with van der Waals surface area (Å²) in [5.41, 5.74) is 0.554. The maximum atomic E-state index is 13.3. The molecule has 2 aromatic rings. The standard InChI is InChI=1S/C12H8BrClFNO2/c1-2-18-12(17)7-3-6-4-8(13)9(15)5-10(6)16-11(7)14/h3-5H,2H2,1H3. The van der Waals surface area contributed by atoms with Crippen LogP contribution < -0.4 is 0 Å². The van der Waals surface area contributed by atoms with Crippen molar-refractivity contribution in [3.63, 3.8) is 0 Å². The van der Waals surface area contributed by atoms with Crippen LogP contribution >= 0.6 is 27.5 Å². The number of benzene rings is 1. The van der Waals surface area contributed by atoms with E-state index in [1.807, 2.05) is 0 Å². The van der Waals surface area contributed by atoms with Crippen molar-refractivity contribution in [3.05, 3.63) is 39.2 Å². The van der Waals surface area contributed by atoms with E-state index < -0.39 is 11.8 Å². The molecule has 0 aliphatic heterocycles. The molecule has 1 aromatic carbocycles. The Kier molecular flexibility index (Phi) is 3.82. The minimum atomic E-state index is -0.544. The molecule has 1 heterocycles. The quantitative estimate of drug-likeness (QED) is 0.617. The normalized spacial score (nSPS) is 10.7. The van der Waals surface area contributed by atoms with Crippen LogP contribution in [-0.4, -0.2) is 17.6 Å². The number of aromatic nitrogens is 1. The highest BCUT2D eigenvalue weighted by atomic mass is 79.9. The molecule has 0 aliphatic carbocycles. The number of esters is 1. The van der Waals surface area contributed by atoms with Gasteiger partial charge >= 0.3 is 5.97 Å². The van der Waals surface area contributed by atoms with E-state index in [0.29, 0.717) is 15.4 Å². The van der Waals surface area contributed by atoms with Crippen LogP contribution in [0.15, 0.2) is 22.7 Å². The molecule has 0 aliphatic rings. The zero-order valence-electron chi connectivity index (χ0n) is 9.34. The Morgan fingerprint density at radius 1 is 1.50 bits per heavy atom. The van der Waals surface area contributed by atoms with Gasteiger partial charge in [0, 0.05) is 11.5 Å². The zero-order chi connectivity index (χ0) is 13.3. The molecule has 0 spiro atoms. The average Bonchev–Trinajstić information content (AvgIpc) is 2.31. The zero-order valence-corrected chi connectivity index (χ0v) is 11.7. The summed E-state index contributed by atoms with van der Waals surface area (Å²) in [4.78, 5) is 15.6. The highest BCUT2D eigenvalue weighted by Crippen LogP contribution is 2.26. The molecule has 0 unspecified atom stereocenters. The Hall–Kier alpha value is -1.20. The molecule has 0 saturated carbocycles. The fraction of sp³-hybridized carbons (Fsp3) is 0.167. The molecular formula is C12H8BrClFNO2. The lowest BCUT2D eigenvalue weighted by molar-refractivity contribution is 0.0526. The highest BCUT2D eigenvalue weighted by molar-refractivity contribution is 9.10. The van der Waals surface area contributed by atoms with Crippen LogP contribution in [0.25, 0.3) is 10.9 Å². The average molecular weight is 333 g/mol. The Labute approximate surface area is 116 Å². The third kappa shape index (κ3) is 2.47. The Morgan fingerprint density at radius 3 is 2.89 bits per heavy atom. The van der Waals surface area contributed by atoms with Crippen LogP contribution in [0, 0.1) is 5.82 Å². The lowest BCUT2D eigenvalue weighted by Crippen LogP contribution is -2.06. The summed E-state index contributed by atoms with van der Waals surface area (Å²) in [5.74, 6) is -0.979. The number of nitrogens with zero attached hydrogens (tertiary/aromatic N) is 1. The first-order chi connectivity index (χ1) is 8.52. The van der Waals surface area contributed by atoms with Crippen LogP contribution in [0.4, 0.5) is 4.39 Å². The molecule has 2 rings (SSSR count). The molecule has 0 fully saturated rings. The minimum absolute atomic E-state index is 0.00247. The summed E-state index contributed by atoms with van der Waals surface area (Å²) in [6.45, 7) is 1.95. The van der Waals surface area contributed by atoms with E-state index in [0.717, 1.165) is 0 Å². The van der Waals surface area contributed by atoms with Gasteiger partial charge in [0.05, 0.1) is 22.2 Å². The summed E-state index contributed by atoms with van der Waals surface area (Å²) in [7, 11) is 0. The number of fused-ring (bicyclic) bond motifs is 1. The third-order valence-corrected chi connectivity index (χ3v) is 3.20. The predicted octanol–water partition coefficient (Wildman–Crippen LogP) is 3.97. The third-order valence-electron chi connectivity index (χ3n) is 2.31. The molecule has 1 aromatic heterocycles. The van der Waals surface area contributed by atoms with Gasteiger partial charge in [-0.1, -0.05) is 11.6 Å². The van der Waals surface area contributed by atoms with Gasteiger partial charge in [0.2, 0.25) is 0 Å². The maximum absolute atomic E-state index is 13.3. The molecular weight excluding hydrogens is 324 g/mol. The molecule has 6 heteroatoms. The number of halogens is 3. The van der Waals surface area contributed by atoms with Gasteiger partial charge in [0.25, 0.3) is 0 Å². The lowest BCUT2D eigenvalue weighted by Gasteiger charge is -2.06. The number of carbonyl (C=O) groups excluding carboxylic acids is 1. The van der Waals surface area contributed by atoms with Crippen LogP contribution in [0.1, 0.15) is 17.3 Å². The van der Waals surface area contributed by atoms with Gasteiger partial charge in [0.15, 0.2) is 0 Å². The first-order valence-electron chi connectivity index (χ1n) is 5.15. The number of hydrogen-bond donors (Lipinski definition) is 0. The fourth-order valence-corrected chi connectivity index (χ4v) is 2.08. The molecule has 0 bridgehead atoms. The van der Waals surface area contributed by atoms with Crippen molar-refractivity contribution in [2.45, 2.75) is 6.92 Å². The topological polar surface area (TPSA) is 39.2 Å². The van der Waals surface area contributed by atoms with Crippen molar-refractivity contribution in [2.24, 2.45) is 0 Å². The van der Waals surface area contributed by atoms with Crippen molar-refractivity contribution in [2.75, 3.05) is 6.61 Å². The Balaban J connectivity index is 2.61. The number of carbonyl (C=O) groups is 1. The summed E-state index contributed by atoms with van der Waals surface area (Å²) < 4.78 is 18.5. The second-order valence-electron chi connectivity index (χ2n) is 3.51. The van der Waals surface area contributed by atoms with Crippen molar-refractivity contribution in [3.8, 4) is 0 Å². The first kappa shape index (κ1) is 13.2. The van der Waals surface area contributed by atoms with Gasteiger partial charge in [-0.2, -0.15) is 0 Å². The number of pyridine rings is 1. The van der Waals surface area contributed by atoms with Gasteiger partial charge in [0.1, 0.15) is 11.0 Å². The minimum Gasteiger partial charge on any atom is -0.462 e. The second kappa shape index (κ2) is 5.20. The summed E-state index contributed by atoms with van der Waals surface area (Å²) >= 11 is 8.96. The Bertz CT molecular complexity index is 633. The van der Waals surface area contributed by atoms with Crippen molar-refractivity contribution in [1.29, 1.82) is 0 Å². The summed E-state index contributed by atoms with van der Waals surface area (Å²) in [6, 6.07) is 4.32. The second-order valence-corrected chi connectivity index (χ2v) is 4.72. The van der Waals surface area contributed by atoms with Gasteiger partial charge in [-0.05, 0) is 35.0 Å². The molecule has 94 valence electrons. The maximum Gasteiger partial charge on any atom is 0.341 e. The van der Waals surface area contributed by atoms with Crippen LogP contribution in [0.3, 0.4) is 0 Å². The van der Waals surface area contributed by atoms with Gasteiger partial charge < -0.3 is 4.74 Å². The molecule has 18 heavy (non-hydrogen) atoms. The number of hydrogen-bond acceptors (Lipinski definition) is 3. The van der Waals surface area contributed by atoms with E-state index in [2.05, 4.69) is 20.9 Å². The smallest absolute Gasteiger partial charge is 0.341 e. The summed E-state index contributed by atoms with van der Waals surface area (Å²) in [6.07, 6.45) is 0. The molecule has 0 amide bonds. The number of ether oxygens (including phenoxy) is 1. The molecule has 3 nitrogen and oxygen atoms in total. The Morgan fingerprint density at radius 2 is 2.22 bits per heavy atom. The van der Waals surface area contributed by atoms with Gasteiger partial charge in [-0.15, -0.1) is 0 Å². The number of rotatable bonds is 2. The SMILES string of the molecule is CCOC(=O)c1cc2cc(Br)c(F)cc2nc1Cl. The first-order valence-corrected chi connectivity index (χ1v) is 6.32. The fourth-order valence-electron chi connectivity index (χ4n) is 1.50. The molecule has 0 N–H and O–H groups in total. The molecule has 0 saturated heterocycles. The molecule has 0 atom stereocenters.